The van der Waals surface area contributed by atoms with Crippen molar-refractivity contribution in [1.82, 2.24) is 0 Å². The molecule has 1 saturated heterocycles. The quantitative estimate of drug-likeness (QED) is 0.771. The van der Waals surface area contributed by atoms with Gasteiger partial charge in [0.25, 0.3) is 0 Å². The lowest BCUT2D eigenvalue weighted by Gasteiger charge is -2.23. The topological polar surface area (TPSA) is 60.4 Å². The van der Waals surface area contributed by atoms with Crippen LogP contribution in [0.5, 0.6) is 0 Å². The first-order valence-corrected chi connectivity index (χ1v) is 7.20. The van der Waals surface area contributed by atoms with Gasteiger partial charge in [-0.15, -0.1) is 0 Å². The fourth-order valence-electron chi connectivity index (χ4n) is 2.24. The molecule has 0 N–H and O–H groups in total. The first-order chi connectivity index (χ1) is 8.19. The molecule has 1 aromatic carbocycles. The Morgan fingerprint density at radius 3 is 2.11 bits per heavy atom. The summed E-state index contributed by atoms with van der Waals surface area (Å²) in [6.07, 6.45) is 0.163. The van der Waals surface area contributed by atoms with Crippen LogP contribution in [0.2, 0.25) is 0 Å². The molecule has 1 aromatic rings. The highest BCUT2D eigenvalue weighted by molar-refractivity contribution is 7.92. The van der Waals surface area contributed by atoms with Gasteiger partial charge < -0.3 is 4.74 Å². The van der Waals surface area contributed by atoms with Crippen LogP contribution in [0.3, 0.4) is 0 Å². The van der Waals surface area contributed by atoms with Crippen molar-refractivity contribution in [1.29, 1.82) is 0 Å². The van der Waals surface area contributed by atoms with Gasteiger partial charge in [-0.3, -0.25) is 4.79 Å². The molecule has 2 rings (SSSR count). The standard InChI is InChI=1S/C13H16O4S/c1-12(2)9-13(3,17-11(12)14)18(15,16)10-7-5-4-6-8-10/h4-8H,9H2,1-3H3. The van der Waals surface area contributed by atoms with Crippen molar-refractivity contribution in [3.8, 4) is 0 Å². The molecule has 1 heterocycles. The van der Waals surface area contributed by atoms with Crippen molar-refractivity contribution >= 4 is 15.8 Å². The van der Waals surface area contributed by atoms with Crippen molar-refractivity contribution < 1.29 is 17.9 Å². The molecule has 1 atom stereocenters. The smallest absolute Gasteiger partial charge is 0.313 e. The Labute approximate surface area is 107 Å². The van der Waals surface area contributed by atoms with Crippen molar-refractivity contribution in [2.24, 2.45) is 5.41 Å². The minimum atomic E-state index is -3.69. The predicted molar refractivity (Wildman–Crippen MR) is 66.5 cm³/mol. The van der Waals surface area contributed by atoms with E-state index in [1.165, 1.54) is 19.1 Å². The molecule has 0 aromatic heterocycles. The van der Waals surface area contributed by atoms with Gasteiger partial charge in [0.05, 0.1) is 10.3 Å². The van der Waals surface area contributed by atoms with E-state index in [9.17, 15) is 13.2 Å². The van der Waals surface area contributed by atoms with Gasteiger partial charge in [-0.2, -0.15) is 0 Å². The van der Waals surface area contributed by atoms with Crippen LogP contribution in [0, 0.1) is 5.41 Å². The molecule has 4 nitrogen and oxygen atoms in total. The maximum atomic E-state index is 12.5. The van der Waals surface area contributed by atoms with Gasteiger partial charge in [-0.25, -0.2) is 8.42 Å². The number of ether oxygens (including phenoxy) is 1. The van der Waals surface area contributed by atoms with E-state index in [1.807, 2.05) is 0 Å². The number of carbonyl (C=O) groups excluding carboxylic acids is 1. The molecular formula is C13H16O4S. The molecule has 1 aliphatic heterocycles. The van der Waals surface area contributed by atoms with Gasteiger partial charge in [0, 0.05) is 6.42 Å². The molecule has 0 bridgehead atoms. The highest BCUT2D eigenvalue weighted by Crippen LogP contribution is 2.44. The second-order valence-corrected chi connectivity index (χ2v) is 7.74. The SMILES string of the molecule is CC1(C)CC(C)(S(=O)(=O)c2ccccc2)OC1=O. The van der Waals surface area contributed by atoms with Crippen LogP contribution in [0.15, 0.2) is 35.2 Å². The van der Waals surface area contributed by atoms with Gasteiger partial charge >= 0.3 is 5.97 Å². The van der Waals surface area contributed by atoms with E-state index in [-0.39, 0.29) is 11.3 Å². The van der Waals surface area contributed by atoms with E-state index in [4.69, 9.17) is 4.74 Å². The zero-order valence-electron chi connectivity index (χ0n) is 10.6. The molecule has 5 heteroatoms. The van der Waals surface area contributed by atoms with Crippen molar-refractivity contribution in [2.45, 2.75) is 37.0 Å². The van der Waals surface area contributed by atoms with Crippen molar-refractivity contribution in [3.63, 3.8) is 0 Å². The second kappa shape index (κ2) is 3.82. The van der Waals surface area contributed by atoms with Crippen LogP contribution in [-0.4, -0.2) is 19.3 Å². The Bertz CT molecular complexity index is 574. The summed E-state index contributed by atoms with van der Waals surface area (Å²) in [6.45, 7) is 4.85. The first-order valence-electron chi connectivity index (χ1n) is 5.72. The zero-order valence-corrected chi connectivity index (χ0v) is 11.5. The summed E-state index contributed by atoms with van der Waals surface area (Å²) in [5.74, 6) is -0.468. The lowest BCUT2D eigenvalue weighted by atomic mass is 9.90. The van der Waals surface area contributed by atoms with E-state index in [1.54, 1.807) is 32.0 Å². The second-order valence-electron chi connectivity index (χ2n) is 5.40. The molecular weight excluding hydrogens is 252 g/mol. The molecule has 0 aliphatic carbocycles. The molecule has 98 valence electrons. The van der Waals surface area contributed by atoms with Crippen molar-refractivity contribution in [2.75, 3.05) is 0 Å². The minimum Gasteiger partial charge on any atom is -0.442 e. The molecule has 0 spiro atoms. The third kappa shape index (κ3) is 1.82. The molecule has 0 amide bonds. The summed E-state index contributed by atoms with van der Waals surface area (Å²) >= 11 is 0. The summed E-state index contributed by atoms with van der Waals surface area (Å²) in [6, 6.07) is 8.07. The molecule has 0 saturated carbocycles. The number of rotatable bonds is 2. The number of esters is 1. The molecule has 1 unspecified atom stereocenters. The fraction of sp³-hybridized carbons (Fsp3) is 0.462. The maximum Gasteiger partial charge on any atom is 0.313 e. The Morgan fingerprint density at radius 1 is 1.11 bits per heavy atom. The van der Waals surface area contributed by atoms with Gasteiger partial charge in [-0.1, -0.05) is 18.2 Å². The normalized spacial score (nSPS) is 26.9. The number of carbonyl (C=O) groups is 1. The largest absolute Gasteiger partial charge is 0.442 e. The molecule has 1 aliphatic rings. The average Bonchev–Trinajstić information content (AvgIpc) is 2.50. The summed E-state index contributed by atoms with van der Waals surface area (Å²) in [7, 11) is -3.69. The molecule has 1 fully saturated rings. The van der Waals surface area contributed by atoms with Gasteiger partial charge in [-0.05, 0) is 32.9 Å². The number of hydrogen-bond donors (Lipinski definition) is 0. The lowest BCUT2D eigenvalue weighted by molar-refractivity contribution is -0.148. The zero-order chi connectivity index (χ0) is 13.6. The highest BCUT2D eigenvalue weighted by atomic mass is 32.2. The average molecular weight is 268 g/mol. The summed E-state index contributed by atoms with van der Waals surface area (Å²) in [5, 5.41) is 0. The van der Waals surface area contributed by atoms with Crippen LogP contribution < -0.4 is 0 Å². The van der Waals surface area contributed by atoms with Crippen LogP contribution in [0.4, 0.5) is 0 Å². The van der Waals surface area contributed by atoms with E-state index in [2.05, 4.69) is 0 Å². The van der Waals surface area contributed by atoms with Crippen molar-refractivity contribution in [3.05, 3.63) is 30.3 Å². The third-order valence-corrected chi connectivity index (χ3v) is 5.50. The van der Waals surface area contributed by atoms with Gasteiger partial charge in [0.15, 0.2) is 0 Å². The number of cyclic esters (lactones) is 1. The highest BCUT2D eigenvalue weighted by Gasteiger charge is 2.56. The van der Waals surface area contributed by atoms with Crippen LogP contribution >= 0.6 is 0 Å². The van der Waals surface area contributed by atoms with Gasteiger partial charge in [0.2, 0.25) is 14.8 Å². The van der Waals surface area contributed by atoms with E-state index >= 15 is 0 Å². The van der Waals surface area contributed by atoms with E-state index in [0.29, 0.717) is 0 Å². The Kier molecular flexibility index (Phi) is 2.77. The summed E-state index contributed by atoms with van der Waals surface area (Å²) in [5.41, 5.74) is -0.767. The number of benzene rings is 1. The Hall–Kier alpha value is -1.36. The third-order valence-electron chi connectivity index (χ3n) is 3.25. The summed E-state index contributed by atoms with van der Waals surface area (Å²) < 4.78 is 30.2. The first kappa shape index (κ1) is 13.1. The van der Waals surface area contributed by atoms with Crippen LogP contribution in [0.1, 0.15) is 27.2 Å². The molecule has 18 heavy (non-hydrogen) atoms. The Balaban J connectivity index is 2.47. The minimum absolute atomic E-state index is 0.163. The van der Waals surface area contributed by atoms with E-state index < -0.39 is 26.2 Å². The van der Waals surface area contributed by atoms with Gasteiger partial charge in [0.1, 0.15) is 0 Å². The maximum absolute atomic E-state index is 12.5. The lowest BCUT2D eigenvalue weighted by Crippen LogP contribution is -2.35. The number of hydrogen-bond acceptors (Lipinski definition) is 4. The number of sulfone groups is 1. The fourth-order valence-corrected chi connectivity index (χ4v) is 3.99. The predicted octanol–water partition coefficient (Wildman–Crippen LogP) is 2.15. The van der Waals surface area contributed by atoms with Crippen LogP contribution in [0.25, 0.3) is 0 Å². The van der Waals surface area contributed by atoms with Crippen LogP contribution in [-0.2, 0) is 19.4 Å². The molecule has 0 radical (unpaired) electrons. The Morgan fingerprint density at radius 2 is 1.67 bits per heavy atom. The summed E-state index contributed by atoms with van der Waals surface area (Å²) in [4.78, 5) is 10.4. The van der Waals surface area contributed by atoms with E-state index in [0.717, 1.165) is 0 Å². The monoisotopic (exact) mass is 268 g/mol.